The molecule has 3 rings (SSSR count). The molecule has 0 saturated carbocycles. The Labute approximate surface area is 160 Å². The first-order chi connectivity index (χ1) is 13.0. The van der Waals surface area contributed by atoms with E-state index in [1.165, 1.54) is 0 Å². The highest BCUT2D eigenvalue weighted by atomic mass is 16.1. The molecule has 0 fully saturated rings. The van der Waals surface area contributed by atoms with Crippen molar-refractivity contribution in [2.75, 3.05) is 12.4 Å². The maximum absolute atomic E-state index is 12.9. The second-order valence-electron chi connectivity index (χ2n) is 7.00. The van der Waals surface area contributed by atoms with Crippen molar-refractivity contribution in [3.05, 3.63) is 72.3 Å². The lowest BCUT2D eigenvalue weighted by Crippen LogP contribution is -2.33. The highest BCUT2D eigenvalue weighted by molar-refractivity contribution is 5.95. The summed E-state index contributed by atoms with van der Waals surface area (Å²) in [6.45, 7) is 4.17. The minimum absolute atomic E-state index is 0.0922. The quantitative estimate of drug-likeness (QED) is 0.689. The van der Waals surface area contributed by atoms with E-state index >= 15 is 0 Å². The van der Waals surface area contributed by atoms with Gasteiger partial charge in [0.2, 0.25) is 0 Å². The third-order valence-corrected chi connectivity index (χ3v) is 4.72. The highest BCUT2D eigenvalue weighted by Gasteiger charge is 2.22. The Morgan fingerprint density at radius 3 is 2.41 bits per heavy atom. The molecule has 3 aromatic rings. The molecule has 0 aliphatic carbocycles. The number of amides is 1. The fourth-order valence-corrected chi connectivity index (χ4v) is 3.10. The van der Waals surface area contributed by atoms with Crippen molar-refractivity contribution in [1.82, 2.24) is 14.9 Å². The maximum Gasteiger partial charge on any atom is 0.251 e. The normalized spacial score (nSPS) is 12.0. The number of imidazole rings is 1. The smallest absolute Gasteiger partial charge is 0.251 e. The van der Waals surface area contributed by atoms with Gasteiger partial charge in [0, 0.05) is 37.7 Å². The topological polar surface area (TPSA) is 59.0 Å². The van der Waals surface area contributed by atoms with Crippen molar-refractivity contribution >= 4 is 11.6 Å². The molecule has 0 radical (unpaired) electrons. The van der Waals surface area contributed by atoms with Crippen LogP contribution in [0.1, 0.15) is 36.1 Å². The van der Waals surface area contributed by atoms with Crippen LogP contribution in [0.25, 0.3) is 11.1 Å². The summed E-state index contributed by atoms with van der Waals surface area (Å²) in [5.74, 6) is 0.995. The molecule has 1 amide bonds. The van der Waals surface area contributed by atoms with Crippen molar-refractivity contribution < 1.29 is 4.79 Å². The van der Waals surface area contributed by atoms with E-state index in [0.717, 1.165) is 22.6 Å². The van der Waals surface area contributed by atoms with Crippen molar-refractivity contribution in [2.24, 2.45) is 13.0 Å². The first kappa shape index (κ1) is 18.7. The van der Waals surface area contributed by atoms with Crippen LogP contribution in [0.3, 0.4) is 0 Å². The first-order valence-electron chi connectivity index (χ1n) is 9.16. The van der Waals surface area contributed by atoms with Crippen LogP contribution in [0.5, 0.6) is 0 Å². The van der Waals surface area contributed by atoms with Crippen molar-refractivity contribution in [2.45, 2.75) is 19.9 Å². The van der Waals surface area contributed by atoms with E-state index in [1.807, 2.05) is 73.4 Å². The molecule has 1 unspecified atom stereocenters. The summed E-state index contributed by atoms with van der Waals surface area (Å²) in [7, 11) is 3.84. The van der Waals surface area contributed by atoms with E-state index in [4.69, 9.17) is 0 Å². The van der Waals surface area contributed by atoms with Crippen molar-refractivity contribution in [3.8, 4) is 11.1 Å². The zero-order valence-electron chi connectivity index (χ0n) is 16.2. The third-order valence-electron chi connectivity index (χ3n) is 4.72. The maximum atomic E-state index is 12.9. The van der Waals surface area contributed by atoms with Crippen LogP contribution in [0.15, 0.2) is 60.9 Å². The minimum atomic E-state index is -0.143. The predicted molar refractivity (Wildman–Crippen MR) is 110 cm³/mol. The van der Waals surface area contributed by atoms with Crippen LogP contribution < -0.4 is 10.6 Å². The molecule has 0 spiro atoms. The zero-order chi connectivity index (χ0) is 19.4. The largest absolute Gasteiger partial charge is 0.388 e. The van der Waals surface area contributed by atoms with Gasteiger partial charge in [-0.15, -0.1) is 0 Å². The molecule has 0 aliphatic heterocycles. The van der Waals surface area contributed by atoms with E-state index in [-0.39, 0.29) is 17.9 Å². The second kappa shape index (κ2) is 8.08. The first-order valence-corrected chi connectivity index (χ1v) is 9.16. The molecule has 140 valence electrons. The molecule has 0 bridgehead atoms. The summed E-state index contributed by atoms with van der Waals surface area (Å²) < 4.78 is 1.95. The average molecular weight is 362 g/mol. The Hall–Kier alpha value is -3.08. The Bertz CT molecular complexity index is 912. The summed E-state index contributed by atoms with van der Waals surface area (Å²) in [6, 6.07) is 15.7. The number of aromatic nitrogens is 2. The average Bonchev–Trinajstić information content (AvgIpc) is 3.11. The van der Waals surface area contributed by atoms with E-state index in [9.17, 15) is 4.79 Å². The SMILES string of the molecule is CNc1ccc(-c2cccc(C(=O)NC(c3nccn3C)C(C)C)c2)cc1. The molecule has 1 atom stereocenters. The molecular weight excluding hydrogens is 336 g/mol. The van der Waals surface area contributed by atoms with Crippen LogP contribution in [-0.2, 0) is 7.05 Å². The lowest BCUT2D eigenvalue weighted by atomic mass is 10.0. The lowest BCUT2D eigenvalue weighted by molar-refractivity contribution is 0.0922. The molecule has 1 aromatic heterocycles. The summed E-state index contributed by atoms with van der Waals surface area (Å²) in [6.07, 6.45) is 3.65. The Balaban J connectivity index is 1.83. The number of benzene rings is 2. The number of aryl methyl sites for hydroxylation is 1. The molecule has 2 aromatic carbocycles. The van der Waals surface area contributed by atoms with Gasteiger partial charge in [0.05, 0.1) is 6.04 Å². The van der Waals surface area contributed by atoms with Gasteiger partial charge in [-0.1, -0.05) is 38.1 Å². The predicted octanol–water partition coefficient (Wildman–Crippen LogP) is 4.26. The van der Waals surface area contributed by atoms with Crippen molar-refractivity contribution in [3.63, 3.8) is 0 Å². The van der Waals surface area contributed by atoms with Gasteiger partial charge in [-0.05, 0) is 41.3 Å². The Morgan fingerprint density at radius 2 is 1.81 bits per heavy atom. The number of anilines is 1. The summed E-state index contributed by atoms with van der Waals surface area (Å²) in [5, 5.41) is 6.25. The Kier molecular flexibility index (Phi) is 5.60. The standard InChI is InChI=1S/C22H26N4O/c1-15(2)20(21-24-12-13-26(21)4)25-22(27)18-7-5-6-17(14-18)16-8-10-19(23-3)11-9-16/h5-15,20,23H,1-4H3,(H,25,27). The minimum Gasteiger partial charge on any atom is -0.388 e. The molecule has 5 nitrogen and oxygen atoms in total. The highest BCUT2D eigenvalue weighted by Crippen LogP contribution is 2.24. The van der Waals surface area contributed by atoms with E-state index in [0.29, 0.717) is 5.56 Å². The van der Waals surface area contributed by atoms with Gasteiger partial charge in [0.1, 0.15) is 5.82 Å². The van der Waals surface area contributed by atoms with Gasteiger partial charge in [-0.3, -0.25) is 4.79 Å². The molecular formula is C22H26N4O. The van der Waals surface area contributed by atoms with Gasteiger partial charge in [-0.25, -0.2) is 4.98 Å². The number of hydrogen-bond donors (Lipinski definition) is 2. The van der Waals surface area contributed by atoms with Crippen LogP contribution >= 0.6 is 0 Å². The third kappa shape index (κ3) is 4.19. The zero-order valence-corrected chi connectivity index (χ0v) is 16.2. The molecule has 1 heterocycles. The monoisotopic (exact) mass is 362 g/mol. The van der Waals surface area contributed by atoms with Crippen molar-refractivity contribution in [1.29, 1.82) is 0 Å². The summed E-state index contributed by atoms with van der Waals surface area (Å²) in [5.41, 5.74) is 3.80. The van der Waals surface area contributed by atoms with Crippen LogP contribution in [0.4, 0.5) is 5.69 Å². The van der Waals surface area contributed by atoms with E-state index in [2.05, 4.69) is 29.5 Å². The van der Waals surface area contributed by atoms with Gasteiger partial charge in [0.25, 0.3) is 5.91 Å². The number of carbonyl (C=O) groups excluding carboxylic acids is 1. The number of carbonyl (C=O) groups is 1. The van der Waals surface area contributed by atoms with Gasteiger partial charge in [0.15, 0.2) is 0 Å². The summed E-state index contributed by atoms with van der Waals surface area (Å²) in [4.78, 5) is 17.3. The number of rotatable bonds is 6. The second-order valence-corrected chi connectivity index (χ2v) is 7.00. The van der Waals surface area contributed by atoms with Gasteiger partial charge < -0.3 is 15.2 Å². The van der Waals surface area contributed by atoms with Gasteiger partial charge >= 0.3 is 0 Å². The van der Waals surface area contributed by atoms with Crippen LogP contribution in [0, 0.1) is 5.92 Å². The molecule has 5 heteroatoms. The number of nitrogens with zero attached hydrogens (tertiary/aromatic N) is 2. The summed E-state index contributed by atoms with van der Waals surface area (Å²) >= 11 is 0. The lowest BCUT2D eigenvalue weighted by Gasteiger charge is -2.22. The van der Waals surface area contributed by atoms with Crippen LogP contribution in [0.2, 0.25) is 0 Å². The molecule has 27 heavy (non-hydrogen) atoms. The van der Waals surface area contributed by atoms with Crippen LogP contribution in [-0.4, -0.2) is 22.5 Å². The van der Waals surface area contributed by atoms with E-state index < -0.39 is 0 Å². The number of hydrogen-bond acceptors (Lipinski definition) is 3. The molecule has 0 saturated heterocycles. The number of nitrogens with one attached hydrogen (secondary N) is 2. The fourth-order valence-electron chi connectivity index (χ4n) is 3.10. The Morgan fingerprint density at radius 1 is 1.07 bits per heavy atom. The van der Waals surface area contributed by atoms with E-state index in [1.54, 1.807) is 6.20 Å². The molecule has 2 N–H and O–H groups in total. The molecule has 0 aliphatic rings. The van der Waals surface area contributed by atoms with Gasteiger partial charge in [-0.2, -0.15) is 0 Å². The fraction of sp³-hybridized carbons (Fsp3) is 0.273.